The minimum absolute atomic E-state index is 0.00410. The molecule has 0 N–H and O–H groups in total. The standard InChI is InChI=1S/C34H39F4NO3/c1-4-40-23(2)11-16-28(24(3)36)29-9-5-10-31-30(17-18-32(42-38)34(31)37)33(29)25-12-14-26(15-13-25)41-27-8-6-20-39(22-27)21-7-19-35/h11-18,27H,3-10,19-22H2,1-2H3/b23-11+,28-16+/t27-/m0/s1. The Bertz CT molecular complexity index is 1330. The molecule has 1 aliphatic heterocycles. The van der Waals surface area contributed by atoms with Crippen LogP contribution in [0.2, 0.25) is 0 Å². The molecule has 2 aromatic rings. The number of fused-ring (bicyclic) bond motifs is 1. The molecule has 4 rings (SSSR count). The van der Waals surface area contributed by atoms with Gasteiger partial charge in [0.05, 0.1) is 19.0 Å². The molecule has 0 radical (unpaired) electrons. The van der Waals surface area contributed by atoms with Crippen LogP contribution in [-0.4, -0.2) is 43.9 Å². The Morgan fingerprint density at radius 2 is 1.88 bits per heavy atom. The number of hydrogen-bond acceptors (Lipinski definition) is 4. The summed E-state index contributed by atoms with van der Waals surface area (Å²) < 4.78 is 67.9. The molecule has 0 spiro atoms. The third-order valence-corrected chi connectivity index (χ3v) is 7.71. The molecule has 0 bridgehead atoms. The quantitative estimate of drug-likeness (QED) is 0.142. The normalized spacial score (nSPS) is 18.4. The molecule has 2 aromatic carbocycles. The van der Waals surface area contributed by atoms with Crippen LogP contribution >= 0.6 is 0 Å². The summed E-state index contributed by atoms with van der Waals surface area (Å²) in [6, 6.07) is 10.3. The fourth-order valence-corrected chi connectivity index (χ4v) is 5.79. The third-order valence-electron chi connectivity index (χ3n) is 7.71. The first-order valence-corrected chi connectivity index (χ1v) is 14.6. The van der Waals surface area contributed by atoms with E-state index in [1.807, 2.05) is 31.2 Å². The minimum atomic E-state index is -0.764. The van der Waals surface area contributed by atoms with Crippen molar-refractivity contribution in [2.24, 2.45) is 0 Å². The highest BCUT2D eigenvalue weighted by Gasteiger charge is 2.27. The monoisotopic (exact) mass is 585 g/mol. The van der Waals surface area contributed by atoms with E-state index in [1.165, 1.54) is 6.07 Å². The number of nitrogens with zero attached hydrogens (tertiary/aromatic N) is 1. The van der Waals surface area contributed by atoms with Crippen LogP contribution in [0.5, 0.6) is 11.5 Å². The first kappa shape index (κ1) is 31.4. The second-order valence-corrected chi connectivity index (χ2v) is 10.6. The van der Waals surface area contributed by atoms with E-state index < -0.39 is 17.4 Å². The Balaban J connectivity index is 1.75. The summed E-state index contributed by atoms with van der Waals surface area (Å²) in [5.74, 6) is -0.560. The van der Waals surface area contributed by atoms with E-state index in [-0.39, 0.29) is 12.8 Å². The topological polar surface area (TPSA) is 30.9 Å². The zero-order valence-corrected chi connectivity index (χ0v) is 24.4. The average molecular weight is 586 g/mol. The fourth-order valence-electron chi connectivity index (χ4n) is 5.79. The van der Waals surface area contributed by atoms with E-state index in [0.717, 1.165) is 31.5 Å². The maximum atomic E-state index is 15.3. The molecule has 4 nitrogen and oxygen atoms in total. The number of rotatable bonds is 12. The predicted molar refractivity (Wildman–Crippen MR) is 158 cm³/mol. The van der Waals surface area contributed by atoms with Crippen molar-refractivity contribution in [3.8, 4) is 11.5 Å². The minimum Gasteiger partial charge on any atom is -0.499 e. The van der Waals surface area contributed by atoms with Gasteiger partial charge < -0.3 is 9.47 Å². The summed E-state index contributed by atoms with van der Waals surface area (Å²) in [6.45, 7) is 9.79. The third kappa shape index (κ3) is 7.65. The van der Waals surface area contributed by atoms with Gasteiger partial charge in [-0.1, -0.05) is 24.8 Å². The summed E-state index contributed by atoms with van der Waals surface area (Å²) in [5, 5.41) is 0. The molecule has 1 saturated heterocycles. The Labute approximate surface area is 245 Å². The maximum Gasteiger partial charge on any atom is 0.207 e. The number of ether oxygens (including phenoxy) is 2. The number of hydrogen-bond donors (Lipinski definition) is 0. The summed E-state index contributed by atoms with van der Waals surface area (Å²) in [6.07, 6.45) is 7.02. The second-order valence-electron chi connectivity index (χ2n) is 10.6. The molecule has 1 heterocycles. The first-order chi connectivity index (χ1) is 20.4. The smallest absolute Gasteiger partial charge is 0.207 e. The van der Waals surface area contributed by atoms with Gasteiger partial charge >= 0.3 is 0 Å². The number of allylic oxidation sites excluding steroid dienone is 6. The van der Waals surface area contributed by atoms with E-state index >= 15 is 8.78 Å². The molecule has 0 saturated carbocycles. The number of piperidine rings is 1. The molecule has 2 aliphatic rings. The Kier molecular flexibility index (Phi) is 11.3. The SMILES string of the molecule is C=C(F)/C(=C\C=C(/C)OCC)C1=C(c2ccc(O[C@H]3CCCN(CCCF)C3)cc2)c2ccc(OF)c(F)c2CCC1. The predicted octanol–water partition coefficient (Wildman–Crippen LogP) is 8.78. The van der Waals surface area contributed by atoms with E-state index in [2.05, 4.69) is 16.4 Å². The van der Waals surface area contributed by atoms with Crippen molar-refractivity contribution < 1.29 is 32.1 Å². The highest BCUT2D eigenvalue weighted by Crippen LogP contribution is 2.42. The van der Waals surface area contributed by atoms with Crippen LogP contribution in [0.1, 0.15) is 62.6 Å². The lowest BCUT2D eigenvalue weighted by Gasteiger charge is -2.32. The number of halogens is 4. The summed E-state index contributed by atoms with van der Waals surface area (Å²) in [4.78, 5) is 6.00. The zero-order valence-electron chi connectivity index (χ0n) is 24.4. The van der Waals surface area contributed by atoms with Crippen LogP contribution in [0, 0.1) is 5.82 Å². The van der Waals surface area contributed by atoms with E-state index in [1.54, 1.807) is 25.1 Å². The van der Waals surface area contributed by atoms with E-state index in [0.29, 0.717) is 78.2 Å². The maximum absolute atomic E-state index is 15.3. The molecular weight excluding hydrogens is 546 g/mol. The molecule has 1 fully saturated rings. The zero-order chi connectivity index (χ0) is 30.1. The lowest BCUT2D eigenvalue weighted by Crippen LogP contribution is -2.41. The Hall–Kier alpha value is -3.52. The van der Waals surface area contributed by atoms with Crippen LogP contribution in [0.15, 0.2) is 77.9 Å². The molecular formula is C34H39F4NO3. The Morgan fingerprint density at radius 3 is 2.57 bits per heavy atom. The molecule has 0 aromatic heterocycles. The van der Waals surface area contributed by atoms with Crippen LogP contribution in [0.3, 0.4) is 0 Å². The average Bonchev–Trinajstić information content (AvgIpc) is 3.17. The van der Waals surface area contributed by atoms with Crippen LogP contribution in [0.25, 0.3) is 5.57 Å². The summed E-state index contributed by atoms with van der Waals surface area (Å²) in [7, 11) is 0. The molecule has 0 unspecified atom stereocenters. The second kappa shape index (κ2) is 15.1. The first-order valence-electron chi connectivity index (χ1n) is 14.6. The molecule has 1 aliphatic carbocycles. The van der Waals surface area contributed by atoms with Crippen molar-refractivity contribution in [1.29, 1.82) is 0 Å². The van der Waals surface area contributed by atoms with Crippen LogP contribution < -0.4 is 9.68 Å². The highest BCUT2D eigenvalue weighted by atomic mass is 19.3. The van der Waals surface area contributed by atoms with Crippen molar-refractivity contribution in [3.05, 3.63) is 100 Å². The number of likely N-dealkylation sites (tertiary alicyclic amines) is 1. The van der Waals surface area contributed by atoms with E-state index in [4.69, 9.17) is 9.47 Å². The van der Waals surface area contributed by atoms with Crippen LogP contribution in [-0.2, 0) is 11.2 Å². The lowest BCUT2D eigenvalue weighted by atomic mass is 9.87. The molecule has 0 amide bonds. The largest absolute Gasteiger partial charge is 0.499 e. The van der Waals surface area contributed by atoms with Crippen molar-refractivity contribution in [1.82, 2.24) is 4.90 Å². The van der Waals surface area contributed by atoms with Gasteiger partial charge in [0, 0.05) is 23.2 Å². The highest BCUT2D eigenvalue weighted by molar-refractivity contribution is 5.87. The van der Waals surface area contributed by atoms with Crippen molar-refractivity contribution >= 4 is 5.57 Å². The van der Waals surface area contributed by atoms with Crippen molar-refractivity contribution in [3.63, 3.8) is 0 Å². The van der Waals surface area contributed by atoms with Crippen molar-refractivity contribution in [2.45, 2.75) is 58.5 Å². The van der Waals surface area contributed by atoms with Gasteiger partial charge in [-0.15, -0.1) is 0 Å². The van der Waals surface area contributed by atoms with Gasteiger partial charge in [-0.05, 0) is 117 Å². The van der Waals surface area contributed by atoms with Gasteiger partial charge in [-0.3, -0.25) is 14.2 Å². The molecule has 8 heteroatoms. The number of benzene rings is 2. The molecule has 42 heavy (non-hydrogen) atoms. The van der Waals surface area contributed by atoms with Gasteiger partial charge in [-0.25, -0.2) is 8.78 Å². The van der Waals surface area contributed by atoms with Gasteiger partial charge in [0.15, 0.2) is 5.82 Å². The summed E-state index contributed by atoms with van der Waals surface area (Å²) >= 11 is 0. The number of alkyl halides is 1. The van der Waals surface area contributed by atoms with E-state index in [9.17, 15) is 8.92 Å². The van der Waals surface area contributed by atoms with Gasteiger partial charge in [0.25, 0.3) is 0 Å². The van der Waals surface area contributed by atoms with Gasteiger partial charge in [0.2, 0.25) is 5.75 Å². The van der Waals surface area contributed by atoms with Crippen LogP contribution in [0.4, 0.5) is 17.7 Å². The van der Waals surface area contributed by atoms with Gasteiger partial charge in [0.1, 0.15) is 17.7 Å². The Morgan fingerprint density at radius 1 is 1.10 bits per heavy atom. The molecule has 1 atom stereocenters. The van der Waals surface area contributed by atoms with Crippen molar-refractivity contribution in [2.75, 3.05) is 32.9 Å². The van der Waals surface area contributed by atoms with Gasteiger partial charge in [-0.2, -0.15) is 0 Å². The molecule has 226 valence electrons. The lowest BCUT2D eigenvalue weighted by molar-refractivity contribution is -0.0108. The fraction of sp³-hybridized carbons (Fsp3) is 0.412. The summed E-state index contributed by atoms with van der Waals surface area (Å²) in [5.41, 5.74) is 3.19.